The van der Waals surface area contributed by atoms with Gasteiger partial charge in [-0.1, -0.05) is 12.1 Å². The van der Waals surface area contributed by atoms with Gasteiger partial charge in [0.2, 0.25) is 15.9 Å². The molecule has 1 fully saturated rings. The molecule has 1 N–H and O–H groups in total. The van der Waals surface area contributed by atoms with Crippen LogP contribution in [0.5, 0.6) is 0 Å². The first-order valence-corrected chi connectivity index (χ1v) is 8.21. The number of carbonyl (C=O) groups is 1. The Morgan fingerprint density at radius 1 is 1.48 bits per heavy atom. The van der Waals surface area contributed by atoms with Crippen LogP contribution in [0.25, 0.3) is 0 Å². The number of hydrogen-bond acceptors (Lipinski definition) is 4. The Morgan fingerprint density at radius 3 is 2.86 bits per heavy atom. The Morgan fingerprint density at radius 2 is 2.19 bits per heavy atom. The Labute approximate surface area is 124 Å². The van der Waals surface area contributed by atoms with E-state index < -0.39 is 10.0 Å². The molecule has 1 aromatic rings. The zero-order chi connectivity index (χ0) is 15.5. The van der Waals surface area contributed by atoms with Crippen molar-refractivity contribution in [2.75, 3.05) is 19.6 Å². The summed E-state index contributed by atoms with van der Waals surface area (Å²) < 4.78 is 26.4. The molecule has 0 aromatic heterocycles. The fourth-order valence-corrected chi connectivity index (χ4v) is 4.04. The molecule has 0 bridgehead atoms. The number of hydrogen-bond donors (Lipinski definition) is 1. The van der Waals surface area contributed by atoms with E-state index in [4.69, 9.17) is 5.26 Å². The van der Waals surface area contributed by atoms with Crippen LogP contribution in [0.1, 0.15) is 18.9 Å². The standard InChI is InChI=1S/C14H17N3O3S/c1-2-16-14(18)12-7-8-17(10-12)21(19,20)13-6-4-3-5-11(13)9-15/h3-6,12H,2,7-8,10H2,1H3,(H,16,18). The molecule has 1 aliphatic heterocycles. The van der Waals surface area contributed by atoms with Crippen LogP contribution < -0.4 is 5.32 Å². The fourth-order valence-electron chi connectivity index (χ4n) is 2.40. The van der Waals surface area contributed by atoms with Crippen molar-refractivity contribution < 1.29 is 13.2 Å². The maximum absolute atomic E-state index is 12.6. The Bertz CT molecular complexity index is 679. The zero-order valence-electron chi connectivity index (χ0n) is 11.7. The number of sulfonamides is 1. The average molecular weight is 307 g/mol. The zero-order valence-corrected chi connectivity index (χ0v) is 12.6. The van der Waals surface area contributed by atoms with Crippen molar-refractivity contribution in [3.05, 3.63) is 29.8 Å². The molecular formula is C14H17N3O3S. The lowest BCUT2D eigenvalue weighted by Gasteiger charge is -2.17. The average Bonchev–Trinajstić information content (AvgIpc) is 2.98. The molecule has 0 radical (unpaired) electrons. The summed E-state index contributed by atoms with van der Waals surface area (Å²) in [5.41, 5.74) is 0.124. The summed E-state index contributed by atoms with van der Waals surface area (Å²) in [5.74, 6) is -0.447. The van der Waals surface area contributed by atoms with Crippen molar-refractivity contribution in [2.45, 2.75) is 18.2 Å². The highest BCUT2D eigenvalue weighted by atomic mass is 32.2. The predicted molar refractivity (Wildman–Crippen MR) is 76.7 cm³/mol. The molecule has 7 heteroatoms. The highest BCUT2D eigenvalue weighted by Gasteiger charge is 2.36. The topological polar surface area (TPSA) is 90.3 Å². The van der Waals surface area contributed by atoms with Crippen LogP contribution in [0, 0.1) is 17.2 Å². The molecular weight excluding hydrogens is 290 g/mol. The first-order chi connectivity index (χ1) is 10.0. The van der Waals surface area contributed by atoms with Crippen molar-refractivity contribution in [3.63, 3.8) is 0 Å². The smallest absolute Gasteiger partial charge is 0.244 e. The number of benzene rings is 1. The molecule has 1 heterocycles. The minimum absolute atomic E-state index is 0.00375. The Balaban J connectivity index is 2.23. The van der Waals surface area contributed by atoms with Gasteiger partial charge in [-0.15, -0.1) is 0 Å². The van der Waals surface area contributed by atoms with Crippen molar-refractivity contribution in [2.24, 2.45) is 5.92 Å². The Kier molecular flexibility index (Phi) is 4.60. The SMILES string of the molecule is CCNC(=O)C1CCN(S(=O)(=O)c2ccccc2C#N)C1. The molecule has 0 saturated carbocycles. The van der Waals surface area contributed by atoms with Gasteiger partial charge in [-0.3, -0.25) is 4.79 Å². The second-order valence-corrected chi connectivity index (χ2v) is 6.76. The van der Waals surface area contributed by atoms with Gasteiger partial charge >= 0.3 is 0 Å². The lowest BCUT2D eigenvalue weighted by molar-refractivity contribution is -0.124. The van der Waals surface area contributed by atoms with E-state index in [0.717, 1.165) is 0 Å². The van der Waals surface area contributed by atoms with E-state index in [1.165, 1.54) is 16.4 Å². The summed E-state index contributed by atoms with van der Waals surface area (Å²) in [5, 5.41) is 11.7. The van der Waals surface area contributed by atoms with Crippen LogP contribution in [0.4, 0.5) is 0 Å². The molecule has 0 aliphatic carbocycles. The summed E-state index contributed by atoms with van der Waals surface area (Å²) in [6, 6.07) is 8.01. The van der Waals surface area contributed by atoms with E-state index >= 15 is 0 Å². The van der Waals surface area contributed by atoms with Crippen molar-refractivity contribution >= 4 is 15.9 Å². The van der Waals surface area contributed by atoms with Gasteiger partial charge in [0.1, 0.15) is 6.07 Å². The van der Waals surface area contributed by atoms with Gasteiger partial charge in [-0.25, -0.2) is 8.42 Å². The number of nitriles is 1. The van der Waals surface area contributed by atoms with Gasteiger partial charge in [0.25, 0.3) is 0 Å². The molecule has 1 amide bonds. The minimum Gasteiger partial charge on any atom is -0.356 e. The number of amides is 1. The third kappa shape index (κ3) is 3.06. The third-order valence-electron chi connectivity index (χ3n) is 3.50. The first-order valence-electron chi connectivity index (χ1n) is 6.77. The summed E-state index contributed by atoms with van der Waals surface area (Å²) in [6.45, 7) is 2.81. The van der Waals surface area contributed by atoms with Gasteiger partial charge in [0.15, 0.2) is 0 Å². The van der Waals surface area contributed by atoms with Crippen molar-refractivity contribution in [1.29, 1.82) is 5.26 Å². The van der Waals surface area contributed by atoms with Gasteiger partial charge in [-0.05, 0) is 25.5 Å². The molecule has 112 valence electrons. The normalized spacial score (nSPS) is 19.1. The van der Waals surface area contributed by atoms with E-state index in [1.807, 2.05) is 13.0 Å². The molecule has 1 unspecified atom stereocenters. The van der Waals surface area contributed by atoms with Crippen LogP contribution in [0.15, 0.2) is 29.2 Å². The van der Waals surface area contributed by atoms with Crippen LogP contribution in [0.3, 0.4) is 0 Å². The largest absolute Gasteiger partial charge is 0.356 e. The minimum atomic E-state index is -3.73. The van der Waals surface area contributed by atoms with Crippen LogP contribution in [0.2, 0.25) is 0 Å². The summed E-state index contributed by atoms with van der Waals surface area (Å²) in [7, 11) is -3.73. The van der Waals surface area contributed by atoms with E-state index in [1.54, 1.807) is 12.1 Å². The van der Waals surface area contributed by atoms with E-state index in [0.29, 0.717) is 19.5 Å². The highest BCUT2D eigenvalue weighted by Crippen LogP contribution is 2.26. The molecule has 0 spiro atoms. The second kappa shape index (κ2) is 6.24. The molecule has 6 nitrogen and oxygen atoms in total. The van der Waals surface area contributed by atoms with Gasteiger partial charge < -0.3 is 5.32 Å². The van der Waals surface area contributed by atoms with Crippen LogP contribution in [-0.4, -0.2) is 38.3 Å². The molecule has 1 atom stereocenters. The molecule has 1 aromatic carbocycles. The summed E-state index contributed by atoms with van der Waals surface area (Å²) >= 11 is 0. The highest BCUT2D eigenvalue weighted by molar-refractivity contribution is 7.89. The number of nitrogens with zero attached hydrogens (tertiary/aromatic N) is 2. The molecule has 21 heavy (non-hydrogen) atoms. The van der Waals surface area contributed by atoms with E-state index in [-0.39, 0.29) is 28.8 Å². The Hall–Kier alpha value is -1.91. The quantitative estimate of drug-likeness (QED) is 0.886. The van der Waals surface area contributed by atoms with Crippen LogP contribution in [-0.2, 0) is 14.8 Å². The lowest BCUT2D eigenvalue weighted by atomic mass is 10.1. The van der Waals surface area contributed by atoms with Crippen molar-refractivity contribution in [1.82, 2.24) is 9.62 Å². The number of nitrogens with one attached hydrogen (secondary N) is 1. The van der Waals surface area contributed by atoms with Gasteiger partial charge in [0.05, 0.1) is 16.4 Å². The third-order valence-corrected chi connectivity index (χ3v) is 5.42. The molecule has 2 rings (SSSR count). The predicted octanol–water partition coefficient (Wildman–Crippen LogP) is 0.705. The van der Waals surface area contributed by atoms with E-state index in [9.17, 15) is 13.2 Å². The van der Waals surface area contributed by atoms with Gasteiger partial charge in [-0.2, -0.15) is 9.57 Å². The maximum Gasteiger partial charge on any atom is 0.244 e. The van der Waals surface area contributed by atoms with Crippen LogP contribution >= 0.6 is 0 Å². The lowest BCUT2D eigenvalue weighted by Crippen LogP contribution is -2.34. The molecule has 1 saturated heterocycles. The summed E-state index contributed by atoms with van der Waals surface area (Å²) in [4.78, 5) is 11.8. The second-order valence-electron chi connectivity index (χ2n) is 4.85. The van der Waals surface area contributed by atoms with Crippen molar-refractivity contribution in [3.8, 4) is 6.07 Å². The monoisotopic (exact) mass is 307 g/mol. The first kappa shape index (κ1) is 15.5. The number of rotatable bonds is 4. The molecule has 1 aliphatic rings. The maximum atomic E-state index is 12.6. The van der Waals surface area contributed by atoms with E-state index in [2.05, 4.69) is 5.32 Å². The van der Waals surface area contributed by atoms with Gasteiger partial charge in [0, 0.05) is 19.6 Å². The summed E-state index contributed by atoms with van der Waals surface area (Å²) in [6.07, 6.45) is 0.500. The fraction of sp³-hybridized carbons (Fsp3) is 0.429. The number of carbonyl (C=O) groups excluding carboxylic acids is 1.